The highest BCUT2D eigenvalue weighted by molar-refractivity contribution is 5.94. The van der Waals surface area contributed by atoms with Crippen molar-refractivity contribution in [2.45, 2.75) is 19.8 Å². The standard InChI is InChI=1S/C12H15FN4O/c1-9-6-10(8-11(13)7-9)12(18)15-4-2-3-5-16-17-14/h6-8H,2-5H2,1H3,(H,15,18). The number of azide groups is 1. The number of rotatable bonds is 6. The van der Waals surface area contributed by atoms with Crippen molar-refractivity contribution in [2.75, 3.05) is 13.1 Å². The molecule has 0 saturated carbocycles. The number of aryl methyl sites for hydroxylation is 1. The van der Waals surface area contributed by atoms with E-state index in [9.17, 15) is 9.18 Å². The van der Waals surface area contributed by atoms with E-state index in [0.29, 0.717) is 30.6 Å². The summed E-state index contributed by atoms with van der Waals surface area (Å²) in [5.74, 6) is -0.704. The van der Waals surface area contributed by atoms with E-state index in [1.807, 2.05) is 0 Å². The molecule has 1 N–H and O–H groups in total. The zero-order chi connectivity index (χ0) is 13.4. The highest BCUT2D eigenvalue weighted by Gasteiger charge is 2.06. The van der Waals surface area contributed by atoms with E-state index in [4.69, 9.17) is 5.53 Å². The maximum absolute atomic E-state index is 13.1. The Kier molecular flexibility index (Phi) is 5.67. The molecule has 5 nitrogen and oxygen atoms in total. The third-order valence-corrected chi connectivity index (χ3v) is 2.34. The van der Waals surface area contributed by atoms with Crippen LogP contribution < -0.4 is 5.32 Å². The van der Waals surface area contributed by atoms with E-state index in [0.717, 1.165) is 6.42 Å². The summed E-state index contributed by atoms with van der Waals surface area (Å²) in [7, 11) is 0. The Balaban J connectivity index is 2.38. The van der Waals surface area contributed by atoms with Gasteiger partial charge in [0.2, 0.25) is 0 Å². The Hall–Kier alpha value is -2.07. The van der Waals surface area contributed by atoms with E-state index in [-0.39, 0.29) is 5.91 Å². The molecule has 0 heterocycles. The highest BCUT2D eigenvalue weighted by atomic mass is 19.1. The topological polar surface area (TPSA) is 77.9 Å². The molecule has 6 heteroatoms. The van der Waals surface area contributed by atoms with Crippen LogP contribution in [0.25, 0.3) is 10.4 Å². The first-order valence-electron chi connectivity index (χ1n) is 5.69. The predicted octanol–water partition coefficient (Wildman–Crippen LogP) is 2.95. The maximum Gasteiger partial charge on any atom is 0.251 e. The van der Waals surface area contributed by atoms with Crippen LogP contribution in [0.1, 0.15) is 28.8 Å². The first-order valence-corrected chi connectivity index (χ1v) is 5.69. The number of amides is 1. The summed E-state index contributed by atoms with van der Waals surface area (Å²) >= 11 is 0. The van der Waals surface area contributed by atoms with Gasteiger partial charge in [-0.15, -0.1) is 0 Å². The fraction of sp³-hybridized carbons (Fsp3) is 0.417. The molecule has 0 bridgehead atoms. The smallest absolute Gasteiger partial charge is 0.251 e. The number of carbonyl (C=O) groups excluding carboxylic acids is 1. The number of hydrogen-bond donors (Lipinski definition) is 1. The van der Waals surface area contributed by atoms with Crippen LogP contribution in [0.4, 0.5) is 4.39 Å². The number of carbonyl (C=O) groups is 1. The second kappa shape index (κ2) is 7.29. The summed E-state index contributed by atoms with van der Waals surface area (Å²) in [5, 5.41) is 6.08. The number of hydrogen-bond acceptors (Lipinski definition) is 2. The molecule has 1 rings (SSSR count). The van der Waals surface area contributed by atoms with E-state index < -0.39 is 5.82 Å². The van der Waals surface area contributed by atoms with Crippen molar-refractivity contribution in [1.82, 2.24) is 5.32 Å². The van der Waals surface area contributed by atoms with Crippen molar-refractivity contribution in [3.63, 3.8) is 0 Å². The van der Waals surface area contributed by atoms with Gasteiger partial charge in [-0.05, 0) is 49.1 Å². The molecule has 0 aliphatic carbocycles. The van der Waals surface area contributed by atoms with Gasteiger partial charge < -0.3 is 5.32 Å². The van der Waals surface area contributed by atoms with Crippen LogP contribution in [-0.2, 0) is 0 Å². The first kappa shape index (κ1) is 14.0. The lowest BCUT2D eigenvalue weighted by Crippen LogP contribution is -2.24. The van der Waals surface area contributed by atoms with Gasteiger partial charge in [0, 0.05) is 23.6 Å². The van der Waals surface area contributed by atoms with E-state index in [1.54, 1.807) is 13.0 Å². The van der Waals surface area contributed by atoms with Crippen molar-refractivity contribution in [1.29, 1.82) is 0 Å². The molecule has 1 aromatic rings. The minimum absolute atomic E-state index is 0.290. The minimum atomic E-state index is -0.413. The lowest BCUT2D eigenvalue weighted by Gasteiger charge is -2.05. The Morgan fingerprint density at radius 3 is 2.89 bits per heavy atom. The van der Waals surface area contributed by atoms with Gasteiger partial charge in [0.1, 0.15) is 5.82 Å². The summed E-state index contributed by atoms with van der Waals surface area (Å²) in [6.07, 6.45) is 1.44. The van der Waals surface area contributed by atoms with Crippen LogP contribution >= 0.6 is 0 Å². The normalized spacial score (nSPS) is 9.67. The van der Waals surface area contributed by atoms with Crippen molar-refractivity contribution in [3.8, 4) is 0 Å². The van der Waals surface area contributed by atoms with Crippen LogP contribution in [0, 0.1) is 12.7 Å². The predicted molar refractivity (Wildman–Crippen MR) is 66.7 cm³/mol. The minimum Gasteiger partial charge on any atom is -0.352 e. The number of benzene rings is 1. The number of halogens is 1. The summed E-state index contributed by atoms with van der Waals surface area (Å²) in [4.78, 5) is 14.3. The van der Waals surface area contributed by atoms with E-state index in [1.165, 1.54) is 12.1 Å². The molecule has 0 radical (unpaired) electrons. The van der Waals surface area contributed by atoms with Crippen molar-refractivity contribution >= 4 is 5.91 Å². The monoisotopic (exact) mass is 250 g/mol. The van der Waals surface area contributed by atoms with Gasteiger partial charge in [-0.1, -0.05) is 5.11 Å². The molecule has 0 aliphatic rings. The molecule has 1 amide bonds. The summed E-state index contributed by atoms with van der Waals surface area (Å²) in [6.45, 7) is 2.64. The van der Waals surface area contributed by atoms with Crippen LogP contribution in [0.15, 0.2) is 23.3 Å². The van der Waals surface area contributed by atoms with Gasteiger partial charge in [-0.25, -0.2) is 4.39 Å². The number of nitrogens with one attached hydrogen (secondary N) is 1. The molecule has 0 unspecified atom stereocenters. The summed E-state index contributed by atoms with van der Waals surface area (Å²) in [6, 6.07) is 4.22. The molecule has 0 atom stereocenters. The Bertz CT molecular complexity index is 449. The number of unbranched alkanes of at least 4 members (excludes halogenated alkanes) is 1. The van der Waals surface area contributed by atoms with E-state index in [2.05, 4.69) is 15.3 Å². The Morgan fingerprint density at radius 2 is 2.22 bits per heavy atom. The van der Waals surface area contributed by atoms with Crippen LogP contribution in [0.3, 0.4) is 0 Å². The average molecular weight is 250 g/mol. The first-order chi connectivity index (χ1) is 8.63. The van der Waals surface area contributed by atoms with Crippen molar-refractivity contribution in [2.24, 2.45) is 5.11 Å². The average Bonchev–Trinajstić information content (AvgIpc) is 2.32. The molecular weight excluding hydrogens is 235 g/mol. The maximum atomic E-state index is 13.1. The van der Waals surface area contributed by atoms with Gasteiger partial charge in [-0.3, -0.25) is 4.79 Å². The molecule has 0 fully saturated rings. The molecule has 0 aromatic heterocycles. The molecular formula is C12H15FN4O. The Morgan fingerprint density at radius 1 is 1.44 bits per heavy atom. The van der Waals surface area contributed by atoms with Gasteiger partial charge in [0.25, 0.3) is 5.91 Å². The molecule has 0 saturated heterocycles. The van der Waals surface area contributed by atoms with Crippen LogP contribution in [0.5, 0.6) is 0 Å². The second-order valence-electron chi connectivity index (χ2n) is 3.93. The van der Waals surface area contributed by atoms with Gasteiger partial charge in [0.15, 0.2) is 0 Å². The SMILES string of the molecule is Cc1cc(F)cc(C(=O)NCCCCN=[N+]=[N-])c1. The Labute approximate surface area is 105 Å². The largest absolute Gasteiger partial charge is 0.352 e. The zero-order valence-corrected chi connectivity index (χ0v) is 10.2. The molecule has 18 heavy (non-hydrogen) atoms. The van der Waals surface area contributed by atoms with Gasteiger partial charge in [-0.2, -0.15) is 0 Å². The number of nitrogens with zero attached hydrogens (tertiary/aromatic N) is 3. The van der Waals surface area contributed by atoms with Crippen LogP contribution in [-0.4, -0.2) is 19.0 Å². The van der Waals surface area contributed by atoms with Crippen molar-refractivity contribution in [3.05, 3.63) is 45.6 Å². The van der Waals surface area contributed by atoms with E-state index >= 15 is 0 Å². The second-order valence-corrected chi connectivity index (χ2v) is 3.93. The highest BCUT2D eigenvalue weighted by Crippen LogP contribution is 2.08. The fourth-order valence-corrected chi connectivity index (χ4v) is 1.52. The lowest BCUT2D eigenvalue weighted by molar-refractivity contribution is 0.0952. The lowest BCUT2D eigenvalue weighted by atomic mass is 10.1. The quantitative estimate of drug-likeness (QED) is 0.358. The van der Waals surface area contributed by atoms with Crippen molar-refractivity contribution < 1.29 is 9.18 Å². The third-order valence-electron chi connectivity index (χ3n) is 2.34. The summed E-state index contributed by atoms with van der Waals surface area (Å²) < 4.78 is 13.1. The zero-order valence-electron chi connectivity index (χ0n) is 10.2. The van der Waals surface area contributed by atoms with Crippen LogP contribution in [0.2, 0.25) is 0 Å². The van der Waals surface area contributed by atoms with Gasteiger partial charge >= 0.3 is 0 Å². The molecule has 0 spiro atoms. The molecule has 1 aromatic carbocycles. The summed E-state index contributed by atoms with van der Waals surface area (Å²) in [5.41, 5.74) is 9.10. The fourth-order valence-electron chi connectivity index (χ4n) is 1.52. The van der Waals surface area contributed by atoms with Gasteiger partial charge in [0.05, 0.1) is 0 Å². The molecule has 0 aliphatic heterocycles. The third kappa shape index (κ3) is 4.84. The molecule has 96 valence electrons.